The molecule has 0 spiro atoms. The number of allylic oxidation sites excluding steroid dienone is 1. The Kier molecular flexibility index (Phi) is 4.61. The first-order chi connectivity index (χ1) is 11.2. The van der Waals surface area contributed by atoms with Crippen molar-refractivity contribution in [2.45, 2.75) is 25.7 Å². The van der Waals surface area contributed by atoms with Crippen LogP contribution in [0.4, 0.5) is 0 Å². The van der Waals surface area contributed by atoms with Crippen LogP contribution < -0.4 is 0 Å². The maximum absolute atomic E-state index is 12.8. The molecule has 2 aromatic rings. The lowest BCUT2D eigenvalue weighted by atomic mass is 9.96. The summed E-state index contributed by atoms with van der Waals surface area (Å²) >= 11 is 0. The van der Waals surface area contributed by atoms with Gasteiger partial charge in [-0.05, 0) is 24.0 Å². The predicted octanol–water partition coefficient (Wildman–Crippen LogP) is 4.40. The van der Waals surface area contributed by atoms with Crippen LogP contribution in [0, 0.1) is 5.92 Å². The van der Waals surface area contributed by atoms with Gasteiger partial charge in [0.25, 0.3) is 0 Å². The van der Waals surface area contributed by atoms with Crippen LogP contribution in [-0.2, 0) is 11.2 Å². The van der Waals surface area contributed by atoms with Gasteiger partial charge in [-0.1, -0.05) is 74.2 Å². The topological polar surface area (TPSA) is 20.3 Å². The summed E-state index contributed by atoms with van der Waals surface area (Å²) in [5, 5.41) is 0. The van der Waals surface area contributed by atoms with Crippen LogP contribution in [0.25, 0.3) is 0 Å². The van der Waals surface area contributed by atoms with E-state index in [0.717, 1.165) is 25.1 Å². The zero-order valence-electron chi connectivity index (χ0n) is 13.6. The summed E-state index contributed by atoms with van der Waals surface area (Å²) in [4.78, 5) is 14.6. The van der Waals surface area contributed by atoms with E-state index in [0.29, 0.717) is 0 Å². The second kappa shape index (κ2) is 6.82. The lowest BCUT2D eigenvalue weighted by molar-refractivity contribution is -0.129. The highest BCUT2D eigenvalue weighted by atomic mass is 16.2. The molecule has 2 aromatic carbocycles. The standard InChI is InChI=1S/C21H23NO/c1-16(19-11-7-4-8-12-19)17(2)22-14-13-20(21(22)23)15-18-9-5-3-6-10-18/h3-12,16,20H,2,13-15H2,1H3. The molecule has 1 amide bonds. The van der Waals surface area contributed by atoms with E-state index in [9.17, 15) is 4.79 Å². The Hall–Kier alpha value is -2.35. The number of carbonyl (C=O) groups excluding carboxylic acids is 1. The third-order valence-electron chi connectivity index (χ3n) is 4.79. The van der Waals surface area contributed by atoms with Gasteiger partial charge < -0.3 is 4.90 Å². The number of rotatable bonds is 5. The third-order valence-corrected chi connectivity index (χ3v) is 4.79. The Labute approximate surface area is 138 Å². The summed E-state index contributed by atoms with van der Waals surface area (Å²) in [6, 6.07) is 20.5. The highest BCUT2D eigenvalue weighted by molar-refractivity contribution is 5.83. The van der Waals surface area contributed by atoms with E-state index in [4.69, 9.17) is 0 Å². The molecule has 0 aliphatic carbocycles. The average molecular weight is 305 g/mol. The fraction of sp³-hybridized carbons (Fsp3) is 0.286. The third kappa shape index (κ3) is 3.37. The lowest BCUT2D eigenvalue weighted by Crippen LogP contribution is -2.29. The summed E-state index contributed by atoms with van der Waals surface area (Å²) in [5.74, 6) is 0.467. The van der Waals surface area contributed by atoms with Crippen molar-refractivity contribution in [3.63, 3.8) is 0 Å². The van der Waals surface area contributed by atoms with Gasteiger partial charge in [-0.25, -0.2) is 0 Å². The van der Waals surface area contributed by atoms with Gasteiger partial charge in [0, 0.05) is 24.1 Å². The fourth-order valence-corrected chi connectivity index (χ4v) is 3.28. The number of hydrogen-bond donors (Lipinski definition) is 0. The number of carbonyl (C=O) groups is 1. The second-order valence-corrected chi connectivity index (χ2v) is 6.29. The van der Waals surface area contributed by atoms with Gasteiger partial charge in [-0.3, -0.25) is 4.79 Å². The molecular formula is C21H23NO. The van der Waals surface area contributed by atoms with Crippen LogP contribution in [0.15, 0.2) is 72.9 Å². The van der Waals surface area contributed by atoms with Crippen LogP contribution in [0.5, 0.6) is 0 Å². The van der Waals surface area contributed by atoms with Gasteiger partial charge >= 0.3 is 0 Å². The van der Waals surface area contributed by atoms with Gasteiger partial charge in [0.2, 0.25) is 5.91 Å². The van der Waals surface area contributed by atoms with Gasteiger partial charge in [0.05, 0.1) is 0 Å². The van der Waals surface area contributed by atoms with Crippen LogP contribution in [-0.4, -0.2) is 17.4 Å². The summed E-state index contributed by atoms with van der Waals surface area (Å²) in [5.41, 5.74) is 3.35. The Morgan fingerprint density at radius 2 is 1.74 bits per heavy atom. The Balaban J connectivity index is 1.68. The van der Waals surface area contributed by atoms with Crippen LogP contribution in [0.3, 0.4) is 0 Å². The summed E-state index contributed by atoms with van der Waals surface area (Å²) in [6.07, 6.45) is 1.73. The lowest BCUT2D eigenvalue weighted by Gasteiger charge is -2.25. The molecule has 1 heterocycles. The molecule has 1 saturated heterocycles. The van der Waals surface area contributed by atoms with Crippen LogP contribution in [0.2, 0.25) is 0 Å². The highest BCUT2D eigenvalue weighted by Crippen LogP contribution is 2.31. The molecule has 23 heavy (non-hydrogen) atoms. The van der Waals surface area contributed by atoms with Crippen molar-refractivity contribution in [2.75, 3.05) is 6.54 Å². The Morgan fingerprint density at radius 3 is 2.39 bits per heavy atom. The Morgan fingerprint density at radius 1 is 1.13 bits per heavy atom. The first-order valence-electron chi connectivity index (χ1n) is 8.26. The zero-order valence-corrected chi connectivity index (χ0v) is 13.6. The minimum atomic E-state index is 0.0807. The van der Waals surface area contributed by atoms with E-state index in [2.05, 4.69) is 37.8 Å². The average Bonchev–Trinajstić information content (AvgIpc) is 2.96. The van der Waals surface area contributed by atoms with Gasteiger partial charge in [0.1, 0.15) is 0 Å². The molecule has 118 valence electrons. The zero-order chi connectivity index (χ0) is 16.2. The molecule has 0 N–H and O–H groups in total. The minimum absolute atomic E-state index is 0.0807. The minimum Gasteiger partial charge on any atom is -0.316 e. The molecule has 2 atom stereocenters. The van der Waals surface area contributed by atoms with E-state index >= 15 is 0 Å². The Bertz CT molecular complexity index is 678. The van der Waals surface area contributed by atoms with Gasteiger partial charge in [-0.15, -0.1) is 0 Å². The van der Waals surface area contributed by atoms with Crippen LogP contribution in [0.1, 0.15) is 30.4 Å². The van der Waals surface area contributed by atoms with Crippen molar-refractivity contribution < 1.29 is 4.79 Å². The molecule has 1 aliphatic rings. The number of nitrogens with zero attached hydrogens (tertiary/aromatic N) is 1. The molecule has 0 radical (unpaired) electrons. The summed E-state index contributed by atoms with van der Waals surface area (Å²) in [7, 11) is 0. The van der Waals surface area contributed by atoms with Crippen molar-refractivity contribution >= 4 is 5.91 Å². The van der Waals surface area contributed by atoms with E-state index in [1.807, 2.05) is 41.3 Å². The fourth-order valence-electron chi connectivity index (χ4n) is 3.28. The molecular weight excluding hydrogens is 282 g/mol. The maximum Gasteiger partial charge on any atom is 0.230 e. The molecule has 1 fully saturated rings. The predicted molar refractivity (Wildman–Crippen MR) is 94.0 cm³/mol. The van der Waals surface area contributed by atoms with Crippen molar-refractivity contribution in [3.05, 3.63) is 84.1 Å². The molecule has 1 aliphatic heterocycles. The van der Waals surface area contributed by atoms with E-state index in [-0.39, 0.29) is 17.7 Å². The molecule has 3 rings (SSSR count). The number of likely N-dealkylation sites (tertiary alicyclic amines) is 1. The SMILES string of the molecule is C=C(C(C)c1ccccc1)N1CCC(Cc2ccccc2)C1=O. The first kappa shape index (κ1) is 15.5. The molecule has 0 aromatic heterocycles. The second-order valence-electron chi connectivity index (χ2n) is 6.29. The molecule has 2 heteroatoms. The van der Waals surface area contributed by atoms with E-state index in [1.54, 1.807) is 0 Å². The largest absolute Gasteiger partial charge is 0.316 e. The first-order valence-corrected chi connectivity index (χ1v) is 8.26. The van der Waals surface area contributed by atoms with Crippen molar-refractivity contribution in [1.82, 2.24) is 4.90 Å². The highest BCUT2D eigenvalue weighted by Gasteiger charge is 2.34. The van der Waals surface area contributed by atoms with Gasteiger partial charge in [-0.2, -0.15) is 0 Å². The van der Waals surface area contributed by atoms with E-state index < -0.39 is 0 Å². The smallest absolute Gasteiger partial charge is 0.230 e. The van der Waals surface area contributed by atoms with Crippen LogP contribution >= 0.6 is 0 Å². The number of amides is 1. The van der Waals surface area contributed by atoms with E-state index in [1.165, 1.54) is 11.1 Å². The van der Waals surface area contributed by atoms with Gasteiger partial charge in [0.15, 0.2) is 0 Å². The molecule has 2 nitrogen and oxygen atoms in total. The summed E-state index contributed by atoms with van der Waals surface area (Å²) < 4.78 is 0. The van der Waals surface area contributed by atoms with Crippen molar-refractivity contribution in [2.24, 2.45) is 5.92 Å². The molecule has 0 saturated carbocycles. The normalized spacial score (nSPS) is 18.9. The number of benzene rings is 2. The monoisotopic (exact) mass is 305 g/mol. The van der Waals surface area contributed by atoms with Crippen molar-refractivity contribution in [3.8, 4) is 0 Å². The maximum atomic E-state index is 12.8. The number of hydrogen-bond acceptors (Lipinski definition) is 1. The summed E-state index contributed by atoms with van der Waals surface area (Å²) in [6.45, 7) is 7.11. The molecule has 0 bridgehead atoms. The quantitative estimate of drug-likeness (QED) is 0.802. The van der Waals surface area contributed by atoms with Crippen molar-refractivity contribution in [1.29, 1.82) is 0 Å². The molecule has 2 unspecified atom stereocenters.